The molecule has 2 heterocycles. The van der Waals surface area contributed by atoms with Crippen molar-refractivity contribution in [2.45, 2.75) is 6.92 Å². The second-order valence-corrected chi connectivity index (χ2v) is 6.94. The Bertz CT molecular complexity index is 1080. The molecule has 0 saturated carbocycles. The third-order valence-corrected chi connectivity index (χ3v) is 5.48. The number of methoxy groups -OCH3 is 3. The zero-order valence-electron chi connectivity index (χ0n) is 15.9. The van der Waals surface area contributed by atoms with E-state index >= 15 is 0 Å². The first-order valence-electron chi connectivity index (χ1n) is 8.40. The van der Waals surface area contributed by atoms with Crippen LogP contribution in [0.5, 0.6) is 11.5 Å². The van der Waals surface area contributed by atoms with Crippen molar-refractivity contribution in [1.82, 2.24) is 4.98 Å². The van der Waals surface area contributed by atoms with E-state index in [2.05, 4.69) is 4.98 Å². The van der Waals surface area contributed by atoms with E-state index in [-0.39, 0.29) is 5.78 Å². The van der Waals surface area contributed by atoms with Gasteiger partial charge >= 0.3 is 5.97 Å². The lowest BCUT2D eigenvalue weighted by molar-refractivity contribution is 0.0605. The lowest BCUT2D eigenvalue weighted by Gasteiger charge is -2.07. The maximum absolute atomic E-state index is 12.6. The fourth-order valence-corrected chi connectivity index (χ4v) is 3.80. The van der Waals surface area contributed by atoms with E-state index in [0.717, 1.165) is 16.5 Å². The normalized spacial score (nSPS) is 11.0. The van der Waals surface area contributed by atoms with Gasteiger partial charge in [-0.3, -0.25) is 4.79 Å². The van der Waals surface area contributed by atoms with Crippen LogP contribution < -0.4 is 9.47 Å². The average molecular weight is 397 g/mol. The van der Waals surface area contributed by atoms with Gasteiger partial charge in [-0.2, -0.15) is 0 Å². The molecule has 2 aromatic heterocycles. The number of allylic oxidation sites excluding steroid dienone is 1. The van der Waals surface area contributed by atoms with Crippen molar-refractivity contribution >= 4 is 39.4 Å². The molecule has 1 aromatic carbocycles. The summed E-state index contributed by atoms with van der Waals surface area (Å²) in [6.07, 6.45) is 4.70. The summed E-state index contributed by atoms with van der Waals surface area (Å²) >= 11 is 1.25. The Morgan fingerprint density at radius 3 is 2.50 bits per heavy atom. The molecule has 0 fully saturated rings. The largest absolute Gasteiger partial charge is 0.493 e. The number of fused-ring (bicyclic) bond motifs is 1. The Kier molecular flexibility index (Phi) is 5.75. The Morgan fingerprint density at radius 2 is 1.82 bits per heavy atom. The lowest BCUT2D eigenvalue weighted by atomic mass is 10.1. The van der Waals surface area contributed by atoms with Crippen LogP contribution in [0.4, 0.5) is 0 Å². The zero-order chi connectivity index (χ0) is 20.3. The Balaban J connectivity index is 1.88. The maximum atomic E-state index is 12.6. The van der Waals surface area contributed by atoms with Gasteiger partial charge in [0.05, 0.1) is 21.3 Å². The molecular formula is C21H19NO5S. The van der Waals surface area contributed by atoms with Gasteiger partial charge in [-0.1, -0.05) is 12.1 Å². The van der Waals surface area contributed by atoms with Crippen molar-refractivity contribution in [3.8, 4) is 11.5 Å². The Hall–Kier alpha value is -3.19. The number of thiophene rings is 1. The molecule has 7 heteroatoms. The molecule has 6 nitrogen and oxygen atoms in total. The van der Waals surface area contributed by atoms with E-state index in [4.69, 9.17) is 14.2 Å². The summed E-state index contributed by atoms with van der Waals surface area (Å²) < 4.78 is 15.3. The molecule has 0 atom stereocenters. The molecule has 144 valence electrons. The number of ether oxygens (including phenoxy) is 3. The second kappa shape index (κ2) is 8.22. The average Bonchev–Trinajstić information content (AvgIpc) is 3.07. The molecular weight excluding hydrogens is 378 g/mol. The highest BCUT2D eigenvalue weighted by Crippen LogP contribution is 2.31. The van der Waals surface area contributed by atoms with Crippen LogP contribution in [0, 0.1) is 6.92 Å². The molecule has 3 rings (SSSR count). The standard InChI is InChI=1S/C21H19NO5S/c1-12-15-10-14(11-22-20(15)28-19(12)21(24)27-4)16(23)7-5-13-6-8-17(25-2)18(9-13)26-3/h5-11H,1-4H3. The topological polar surface area (TPSA) is 74.7 Å². The van der Waals surface area contributed by atoms with Gasteiger partial charge in [0.25, 0.3) is 0 Å². The highest BCUT2D eigenvalue weighted by Gasteiger charge is 2.17. The first-order chi connectivity index (χ1) is 13.5. The predicted molar refractivity (Wildman–Crippen MR) is 109 cm³/mol. The number of benzene rings is 1. The first-order valence-corrected chi connectivity index (χ1v) is 9.22. The number of carbonyl (C=O) groups excluding carboxylic acids is 2. The van der Waals surface area contributed by atoms with Crippen molar-refractivity contribution in [3.63, 3.8) is 0 Å². The number of pyridine rings is 1. The predicted octanol–water partition coefficient (Wildman–Crippen LogP) is 4.30. The number of aryl methyl sites for hydroxylation is 1. The number of rotatable bonds is 6. The maximum Gasteiger partial charge on any atom is 0.348 e. The molecule has 3 aromatic rings. The smallest absolute Gasteiger partial charge is 0.348 e. The molecule has 0 aliphatic heterocycles. The van der Waals surface area contributed by atoms with E-state index in [1.54, 1.807) is 38.5 Å². The van der Waals surface area contributed by atoms with Crippen molar-refractivity contribution in [2.75, 3.05) is 21.3 Å². The molecule has 0 N–H and O–H groups in total. The Morgan fingerprint density at radius 1 is 1.07 bits per heavy atom. The zero-order valence-corrected chi connectivity index (χ0v) is 16.8. The second-order valence-electron chi connectivity index (χ2n) is 5.94. The van der Waals surface area contributed by atoms with E-state index in [1.807, 2.05) is 13.0 Å². The van der Waals surface area contributed by atoms with Gasteiger partial charge in [-0.15, -0.1) is 11.3 Å². The number of esters is 1. The Labute approximate surface area is 166 Å². The molecule has 0 unspecified atom stereocenters. The highest BCUT2D eigenvalue weighted by atomic mass is 32.1. The van der Waals surface area contributed by atoms with Crippen molar-refractivity contribution in [3.05, 3.63) is 58.1 Å². The summed E-state index contributed by atoms with van der Waals surface area (Å²) in [6.45, 7) is 1.82. The number of nitrogens with zero attached hydrogens (tertiary/aromatic N) is 1. The van der Waals surface area contributed by atoms with Crippen LogP contribution in [0.1, 0.15) is 31.2 Å². The van der Waals surface area contributed by atoms with Gasteiger partial charge in [-0.05, 0) is 42.3 Å². The molecule has 0 aliphatic carbocycles. The SMILES string of the molecule is COC(=O)c1sc2ncc(C(=O)C=Cc3ccc(OC)c(OC)c3)cc2c1C. The van der Waals surface area contributed by atoms with E-state index in [9.17, 15) is 9.59 Å². The number of carbonyl (C=O) groups is 2. The summed E-state index contributed by atoms with van der Waals surface area (Å²) in [7, 11) is 4.47. The number of hydrogen-bond donors (Lipinski definition) is 0. The van der Waals surface area contributed by atoms with Crippen LogP contribution in [-0.4, -0.2) is 38.1 Å². The van der Waals surface area contributed by atoms with Gasteiger partial charge in [0.2, 0.25) is 0 Å². The number of ketones is 1. The molecule has 28 heavy (non-hydrogen) atoms. The van der Waals surface area contributed by atoms with Crippen LogP contribution >= 0.6 is 11.3 Å². The molecule has 0 radical (unpaired) electrons. The first kappa shape index (κ1) is 19.6. The van der Waals surface area contributed by atoms with Crippen molar-refractivity contribution in [1.29, 1.82) is 0 Å². The molecule has 0 amide bonds. The number of hydrogen-bond acceptors (Lipinski definition) is 7. The molecule has 0 bridgehead atoms. The minimum Gasteiger partial charge on any atom is -0.493 e. The third-order valence-electron chi connectivity index (χ3n) is 4.28. The van der Waals surface area contributed by atoms with Crippen LogP contribution in [0.3, 0.4) is 0 Å². The molecule has 0 spiro atoms. The summed E-state index contributed by atoms with van der Waals surface area (Å²) in [5.41, 5.74) is 2.01. The fourth-order valence-electron chi connectivity index (χ4n) is 2.74. The highest BCUT2D eigenvalue weighted by molar-refractivity contribution is 7.20. The summed E-state index contributed by atoms with van der Waals surface area (Å²) in [5, 5.41) is 0.774. The molecule has 0 saturated heterocycles. The van der Waals surface area contributed by atoms with Crippen LogP contribution in [-0.2, 0) is 4.74 Å². The van der Waals surface area contributed by atoms with Crippen LogP contribution in [0.25, 0.3) is 16.3 Å². The van der Waals surface area contributed by atoms with Gasteiger partial charge in [0, 0.05) is 17.1 Å². The van der Waals surface area contributed by atoms with E-state index in [0.29, 0.717) is 26.8 Å². The van der Waals surface area contributed by atoms with Gasteiger partial charge in [-0.25, -0.2) is 9.78 Å². The van der Waals surface area contributed by atoms with Crippen molar-refractivity contribution in [2.24, 2.45) is 0 Å². The van der Waals surface area contributed by atoms with E-state index in [1.165, 1.54) is 30.7 Å². The summed E-state index contributed by atoms with van der Waals surface area (Å²) in [4.78, 5) is 29.9. The number of aromatic nitrogens is 1. The van der Waals surface area contributed by atoms with Crippen molar-refractivity contribution < 1.29 is 23.8 Å². The third kappa shape index (κ3) is 3.75. The minimum absolute atomic E-state index is 0.186. The quantitative estimate of drug-likeness (QED) is 0.351. The summed E-state index contributed by atoms with van der Waals surface area (Å²) in [5.74, 6) is 0.621. The molecule has 0 aliphatic rings. The minimum atomic E-state index is -0.401. The van der Waals surface area contributed by atoms with Crippen LogP contribution in [0.15, 0.2) is 36.5 Å². The lowest BCUT2D eigenvalue weighted by Crippen LogP contribution is -1.99. The monoisotopic (exact) mass is 397 g/mol. The van der Waals surface area contributed by atoms with Gasteiger partial charge in [0.15, 0.2) is 17.3 Å². The van der Waals surface area contributed by atoms with Crippen LogP contribution in [0.2, 0.25) is 0 Å². The van der Waals surface area contributed by atoms with Gasteiger partial charge in [0.1, 0.15) is 9.71 Å². The van der Waals surface area contributed by atoms with Gasteiger partial charge < -0.3 is 14.2 Å². The fraction of sp³-hybridized carbons (Fsp3) is 0.190. The summed E-state index contributed by atoms with van der Waals surface area (Å²) in [6, 6.07) is 7.15. The van der Waals surface area contributed by atoms with E-state index < -0.39 is 5.97 Å².